The number of nitrogens with zero attached hydrogens (tertiary/aromatic N) is 3. The maximum atomic E-state index is 13.1. The largest absolute Gasteiger partial charge is 0.457 e. The van der Waals surface area contributed by atoms with Crippen LogP contribution < -0.4 is 14.4 Å². The number of hydrogen-bond acceptors (Lipinski definition) is 6. The third-order valence-electron chi connectivity index (χ3n) is 6.10. The van der Waals surface area contributed by atoms with Crippen LogP contribution in [-0.4, -0.2) is 44.5 Å². The Morgan fingerprint density at radius 3 is 2.27 bits per heavy atom. The van der Waals surface area contributed by atoms with E-state index in [9.17, 15) is 12.8 Å². The van der Waals surface area contributed by atoms with Gasteiger partial charge in [-0.3, -0.25) is 9.62 Å². The van der Waals surface area contributed by atoms with Crippen LogP contribution in [0, 0.1) is 5.82 Å². The fraction of sp³-hybridized carbons (Fsp3) is 0.179. The summed E-state index contributed by atoms with van der Waals surface area (Å²) in [7, 11) is -3.81. The highest BCUT2D eigenvalue weighted by atomic mass is 32.2. The Morgan fingerprint density at radius 1 is 0.838 bits per heavy atom. The van der Waals surface area contributed by atoms with Crippen molar-refractivity contribution in [3.63, 3.8) is 0 Å². The van der Waals surface area contributed by atoms with Crippen LogP contribution in [0.5, 0.6) is 11.5 Å². The first-order valence-electron chi connectivity index (χ1n) is 12.0. The van der Waals surface area contributed by atoms with Gasteiger partial charge in [0.2, 0.25) is 0 Å². The third-order valence-corrected chi connectivity index (χ3v) is 7.50. The van der Waals surface area contributed by atoms with Crippen LogP contribution in [0.4, 0.5) is 15.9 Å². The Kier molecular flexibility index (Phi) is 7.34. The first-order chi connectivity index (χ1) is 17.9. The molecule has 0 radical (unpaired) electrons. The molecule has 1 aromatic heterocycles. The second kappa shape index (κ2) is 11.0. The average Bonchev–Trinajstić information content (AvgIpc) is 2.91. The number of ether oxygens (including phenoxy) is 1. The van der Waals surface area contributed by atoms with Gasteiger partial charge in [-0.25, -0.2) is 17.8 Å². The number of hydrogen-bond donors (Lipinski definition) is 1. The Morgan fingerprint density at radius 2 is 1.57 bits per heavy atom. The predicted molar refractivity (Wildman–Crippen MR) is 142 cm³/mol. The number of pyridine rings is 1. The van der Waals surface area contributed by atoms with E-state index in [1.54, 1.807) is 6.07 Å². The lowest BCUT2D eigenvalue weighted by molar-refractivity contribution is 0.249. The van der Waals surface area contributed by atoms with E-state index >= 15 is 0 Å². The number of para-hydroxylation sites is 1. The maximum Gasteiger partial charge on any atom is 0.261 e. The molecule has 1 fully saturated rings. The molecule has 4 aromatic rings. The fourth-order valence-corrected chi connectivity index (χ4v) is 5.23. The number of benzene rings is 3. The maximum absolute atomic E-state index is 13.1. The Balaban J connectivity index is 1.14. The summed E-state index contributed by atoms with van der Waals surface area (Å²) < 4.78 is 46.6. The minimum atomic E-state index is -3.81. The van der Waals surface area contributed by atoms with Crippen molar-refractivity contribution in [2.75, 3.05) is 35.8 Å². The molecular formula is C28H27FN4O3S. The predicted octanol–water partition coefficient (Wildman–Crippen LogP) is 5.14. The van der Waals surface area contributed by atoms with E-state index in [1.165, 1.54) is 23.9 Å². The molecule has 7 nitrogen and oxygen atoms in total. The Hall–Kier alpha value is -3.95. The molecule has 1 saturated heterocycles. The number of anilines is 2. The minimum Gasteiger partial charge on any atom is -0.457 e. The van der Waals surface area contributed by atoms with Gasteiger partial charge in [0.25, 0.3) is 10.0 Å². The van der Waals surface area contributed by atoms with Crippen molar-refractivity contribution in [3.8, 4) is 11.5 Å². The zero-order chi connectivity index (χ0) is 25.7. The summed E-state index contributed by atoms with van der Waals surface area (Å²) in [5.74, 6) is 1.94. The van der Waals surface area contributed by atoms with E-state index in [-0.39, 0.29) is 4.90 Å². The van der Waals surface area contributed by atoms with Crippen molar-refractivity contribution >= 4 is 21.5 Å². The first-order valence-corrected chi connectivity index (χ1v) is 13.5. The molecule has 0 saturated carbocycles. The van der Waals surface area contributed by atoms with E-state index in [2.05, 4.69) is 31.6 Å². The number of piperazine rings is 1. The van der Waals surface area contributed by atoms with Gasteiger partial charge in [-0.15, -0.1) is 0 Å². The van der Waals surface area contributed by atoms with Crippen LogP contribution in [0.2, 0.25) is 0 Å². The van der Waals surface area contributed by atoms with Crippen molar-refractivity contribution in [2.24, 2.45) is 0 Å². The van der Waals surface area contributed by atoms with Crippen LogP contribution in [0.3, 0.4) is 0 Å². The molecule has 1 aliphatic rings. The lowest BCUT2D eigenvalue weighted by atomic mass is 10.2. The Labute approximate surface area is 216 Å². The second-order valence-corrected chi connectivity index (χ2v) is 10.5. The molecule has 190 valence electrons. The van der Waals surface area contributed by atoms with Crippen molar-refractivity contribution in [2.45, 2.75) is 11.4 Å². The monoisotopic (exact) mass is 518 g/mol. The van der Waals surface area contributed by atoms with Crippen molar-refractivity contribution in [1.29, 1.82) is 0 Å². The zero-order valence-corrected chi connectivity index (χ0v) is 20.9. The number of nitrogens with one attached hydrogen (secondary N) is 1. The second-order valence-electron chi connectivity index (χ2n) is 8.79. The third kappa shape index (κ3) is 6.44. The van der Waals surface area contributed by atoms with E-state index in [4.69, 9.17) is 4.74 Å². The van der Waals surface area contributed by atoms with Crippen molar-refractivity contribution in [1.82, 2.24) is 9.88 Å². The number of aromatic nitrogens is 1. The summed E-state index contributed by atoms with van der Waals surface area (Å²) in [6, 6.07) is 26.1. The molecule has 0 unspecified atom stereocenters. The van der Waals surface area contributed by atoms with E-state index in [0.717, 1.165) is 62.2 Å². The van der Waals surface area contributed by atoms with Crippen LogP contribution >= 0.6 is 0 Å². The zero-order valence-electron chi connectivity index (χ0n) is 20.1. The number of rotatable bonds is 8. The van der Waals surface area contributed by atoms with Crippen LogP contribution in [-0.2, 0) is 16.6 Å². The van der Waals surface area contributed by atoms with Gasteiger partial charge in [-0.2, -0.15) is 0 Å². The molecule has 0 atom stereocenters. The minimum absolute atomic E-state index is 0.00809. The van der Waals surface area contributed by atoms with Gasteiger partial charge < -0.3 is 9.64 Å². The van der Waals surface area contributed by atoms with E-state index < -0.39 is 15.8 Å². The lowest BCUT2D eigenvalue weighted by Crippen LogP contribution is -2.46. The molecule has 2 heterocycles. The van der Waals surface area contributed by atoms with Gasteiger partial charge in [0, 0.05) is 32.7 Å². The summed E-state index contributed by atoms with van der Waals surface area (Å²) >= 11 is 0. The summed E-state index contributed by atoms with van der Waals surface area (Å²) in [6.45, 7) is 4.22. The molecule has 0 amide bonds. The van der Waals surface area contributed by atoms with E-state index in [0.29, 0.717) is 5.69 Å². The van der Waals surface area contributed by atoms with Gasteiger partial charge in [-0.1, -0.05) is 30.3 Å². The Bertz CT molecular complexity index is 1420. The molecule has 3 aromatic carbocycles. The van der Waals surface area contributed by atoms with Gasteiger partial charge in [0.1, 0.15) is 23.1 Å². The van der Waals surface area contributed by atoms with E-state index in [1.807, 2.05) is 48.5 Å². The fourth-order valence-electron chi connectivity index (χ4n) is 4.19. The van der Waals surface area contributed by atoms with Gasteiger partial charge in [0.05, 0.1) is 16.8 Å². The standard InChI is InChI=1S/C28H27FN4O3S/c29-23-9-12-27(13-10-23)37(34,35)31-24-11-14-28(30-20-24)33-17-15-32(16-18-33)21-22-5-4-8-26(19-22)36-25-6-2-1-3-7-25/h1-14,19-20,31H,15-18,21H2. The molecule has 0 bridgehead atoms. The quantitative estimate of drug-likeness (QED) is 0.348. The SMILES string of the molecule is O=S(=O)(Nc1ccc(N2CCN(Cc3cccc(Oc4ccccc4)c3)CC2)nc1)c1ccc(F)cc1. The molecular weight excluding hydrogens is 491 g/mol. The topological polar surface area (TPSA) is 74.8 Å². The molecule has 1 N–H and O–H groups in total. The van der Waals surface area contributed by atoms with Gasteiger partial charge in [-0.05, 0) is 66.2 Å². The molecule has 0 spiro atoms. The molecule has 37 heavy (non-hydrogen) atoms. The lowest BCUT2D eigenvalue weighted by Gasteiger charge is -2.35. The average molecular weight is 519 g/mol. The number of halogens is 1. The summed E-state index contributed by atoms with van der Waals surface area (Å²) in [4.78, 5) is 9.03. The van der Waals surface area contributed by atoms with Crippen LogP contribution in [0.15, 0.2) is 102 Å². The summed E-state index contributed by atoms with van der Waals surface area (Å²) in [5, 5.41) is 0. The van der Waals surface area contributed by atoms with Crippen LogP contribution in [0.1, 0.15) is 5.56 Å². The summed E-state index contributed by atoms with van der Waals surface area (Å²) in [6.07, 6.45) is 1.50. The highest BCUT2D eigenvalue weighted by Crippen LogP contribution is 2.24. The highest BCUT2D eigenvalue weighted by Gasteiger charge is 2.19. The molecule has 1 aliphatic heterocycles. The van der Waals surface area contributed by atoms with Crippen molar-refractivity contribution in [3.05, 3.63) is 109 Å². The van der Waals surface area contributed by atoms with Crippen molar-refractivity contribution < 1.29 is 17.5 Å². The van der Waals surface area contributed by atoms with Crippen LogP contribution in [0.25, 0.3) is 0 Å². The first kappa shape index (κ1) is 24.7. The normalized spacial score (nSPS) is 14.4. The number of sulfonamides is 1. The molecule has 0 aliphatic carbocycles. The highest BCUT2D eigenvalue weighted by molar-refractivity contribution is 7.92. The molecule has 5 rings (SSSR count). The van der Waals surface area contributed by atoms with Gasteiger partial charge >= 0.3 is 0 Å². The smallest absolute Gasteiger partial charge is 0.261 e. The van der Waals surface area contributed by atoms with Gasteiger partial charge in [0.15, 0.2) is 0 Å². The summed E-state index contributed by atoms with van der Waals surface area (Å²) in [5.41, 5.74) is 1.54. The molecule has 9 heteroatoms.